The number of hydrogen-bond acceptors (Lipinski definition) is 6. The molecule has 10 heteroatoms. The number of nitrogens with zero attached hydrogens (tertiary/aromatic N) is 1. The average Bonchev–Trinajstić information content (AvgIpc) is 3.24. The third-order valence-electron chi connectivity index (χ3n) is 5.98. The minimum absolute atomic E-state index is 0.00747. The zero-order valence-corrected chi connectivity index (χ0v) is 21.6. The van der Waals surface area contributed by atoms with Crippen molar-refractivity contribution in [3.8, 4) is 5.75 Å². The number of nitrogen functional groups attached to an aromatic ring is 1. The van der Waals surface area contributed by atoms with Crippen molar-refractivity contribution in [3.63, 3.8) is 0 Å². The maximum Gasteiger partial charge on any atom is 0.272 e. The Morgan fingerprint density at radius 3 is 2.41 bits per heavy atom. The molecule has 2 fully saturated rings. The molecule has 2 aromatic rings. The van der Waals surface area contributed by atoms with Crippen LogP contribution < -0.4 is 16.8 Å². The molecule has 2 saturated heterocycles. The average molecular weight is 520 g/mol. The third-order valence-corrected chi connectivity index (χ3v) is 5.98. The van der Waals surface area contributed by atoms with Gasteiger partial charge in [-0.3, -0.25) is 9.69 Å². The number of nitrogens with one attached hydrogen (secondary N) is 2. The molecule has 0 saturated carbocycles. The fraction of sp³-hybridized carbons (Fsp3) is 0.444. The second kappa shape index (κ2) is 14.4. The van der Waals surface area contributed by atoms with Crippen molar-refractivity contribution < 1.29 is 23.4 Å². The lowest BCUT2D eigenvalue weighted by molar-refractivity contribution is -0.131. The number of nitrogens with two attached hydrogens (primary N) is 2. The summed E-state index contributed by atoms with van der Waals surface area (Å²) >= 11 is 0. The summed E-state index contributed by atoms with van der Waals surface area (Å²) in [6.45, 7) is 7.29. The van der Waals surface area contributed by atoms with E-state index in [1.165, 1.54) is 25.3 Å². The number of aromatic hydroxyl groups is 1. The number of aromatic nitrogens is 1. The summed E-state index contributed by atoms with van der Waals surface area (Å²) in [5, 5.41) is 12.3. The van der Waals surface area contributed by atoms with Crippen LogP contribution >= 0.6 is 0 Å². The van der Waals surface area contributed by atoms with Gasteiger partial charge >= 0.3 is 0 Å². The van der Waals surface area contributed by atoms with Crippen LogP contribution in [0.25, 0.3) is 11.8 Å². The highest BCUT2D eigenvalue weighted by atomic mass is 19.3. The molecule has 1 aromatic carbocycles. The van der Waals surface area contributed by atoms with Crippen molar-refractivity contribution >= 4 is 23.5 Å². The second-order valence-electron chi connectivity index (χ2n) is 9.11. The Kier molecular flexibility index (Phi) is 11.6. The van der Waals surface area contributed by atoms with Gasteiger partial charge in [0.05, 0.1) is 13.1 Å². The fourth-order valence-electron chi connectivity index (χ4n) is 4.00. The number of H-pyrrole nitrogens is 1. The number of likely N-dealkylation sites (tertiary alicyclic amines) is 1. The van der Waals surface area contributed by atoms with E-state index in [0.717, 1.165) is 24.3 Å². The highest BCUT2D eigenvalue weighted by Crippen LogP contribution is 2.33. The minimum Gasteiger partial charge on any atom is -0.507 e. The number of alkyl halides is 2. The molecular weight excluding hydrogens is 480 g/mol. The maximum absolute atomic E-state index is 13.0. The van der Waals surface area contributed by atoms with Crippen molar-refractivity contribution in [2.24, 2.45) is 5.73 Å². The van der Waals surface area contributed by atoms with E-state index in [1.807, 2.05) is 6.92 Å². The van der Waals surface area contributed by atoms with Gasteiger partial charge in [0, 0.05) is 49.8 Å². The summed E-state index contributed by atoms with van der Waals surface area (Å²) < 4.78 is 31.1. The first kappa shape index (κ1) is 29.9. The summed E-state index contributed by atoms with van der Waals surface area (Å²) in [5.41, 5.74) is 14.7. The van der Waals surface area contributed by atoms with Crippen LogP contribution in [0.5, 0.6) is 5.75 Å². The summed E-state index contributed by atoms with van der Waals surface area (Å²) in [7, 11) is 1.56. The van der Waals surface area contributed by atoms with Gasteiger partial charge in [-0.1, -0.05) is 25.6 Å². The van der Waals surface area contributed by atoms with E-state index in [0.29, 0.717) is 23.6 Å². The standard InChI is InChI=1S/C18H22F2N4O.C5H10O.C4H7NO/c1-11(8-24-9-18(19,20)10-24)14-7-23-17(22)13(14)6-15(21)12-4-2-3-5-16(12)25;1-2-4-6-5-3-1;1-3-4(6)5-2/h2-7,11,23,25H,8-10,21-22H2,1H3;1-5H2;3H,1H2,2H3,(H,5,6)/b15-6-;;. The highest BCUT2D eigenvalue weighted by molar-refractivity contribution is 5.86. The summed E-state index contributed by atoms with van der Waals surface area (Å²) in [4.78, 5) is 14.6. The van der Waals surface area contributed by atoms with Gasteiger partial charge in [-0.15, -0.1) is 0 Å². The summed E-state index contributed by atoms with van der Waals surface area (Å²) in [6, 6.07) is 6.77. The number of phenolic OH excluding ortho intramolecular Hbond substituents is 1. The molecule has 37 heavy (non-hydrogen) atoms. The van der Waals surface area contributed by atoms with E-state index in [1.54, 1.807) is 48.5 Å². The van der Waals surface area contributed by atoms with Crippen LogP contribution in [0.4, 0.5) is 14.6 Å². The number of benzene rings is 1. The molecule has 0 radical (unpaired) electrons. The molecule has 0 aliphatic carbocycles. The fourth-order valence-corrected chi connectivity index (χ4v) is 4.00. The van der Waals surface area contributed by atoms with Gasteiger partial charge < -0.3 is 31.6 Å². The normalized spacial score (nSPS) is 17.7. The van der Waals surface area contributed by atoms with Crippen molar-refractivity contribution in [1.29, 1.82) is 0 Å². The lowest BCUT2D eigenvalue weighted by Crippen LogP contribution is -2.56. The number of amides is 1. The van der Waals surface area contributed by atoms with Crippen LogP contribution in [0.3, 0.4) is 0 Å². The molecule has 1 amide bonds. The number of hydrogen-bond donors (Lipinski definition) is 5. The van der Waals surface area contributed by atoms with Gasteiger partial charge in [0.1, 0.15) is 11.6 Å². The van der Waals surface area contributed by atoms with E-state index in [-0.39, 0.29) is 30.7 Å². The topological polar surface area (TPSA) is 130 Å². The smallest absolute Gasteiger partial charge is 0.272 e. The molecule has 204 valence electrons. The number of ether oxygens (including phenoxy) is 1. The molecule has 8 nitrogen and oxygen atoms in total. The number of para-hydroxylation sites is 1. The first-order chi connectivity index (χ1) is 17.6. The van der Waals surface area contributed by atoms with Gasteiger partial charge in [-0.05, 0) is 55.0 Å². The summed E-state index contributed by atoms with van der Waals surface area (Å²) in [6.07, 6.45) is 8.64. The van der Waals surface area contributed by atoms with Crippen LogP contribution in [0.2, 0.25) is 0 Å². The zero-order valence-electron chi connectivity index (χ0n) is 21.6. The van der Waals surface area contributed by atoms with Gasteiger partial charge in [0.25, 0.3) is 5.92 Å². The summed E-state index contributed by atoms with van der Waals surface area (Å²) in [5.74, 6) is -2.17. The van der Waals surface area contributed by atoms with Crippen LogP contribution in [-0.4, -0.2) is 66.7 Å². The van der Waals surface area contributed by atoms with E-state index in [2.05, 4.69) is 16.9 Å². The number of aromatic amines is 1. The molecule has 1 atom stereocenters. The van der Waals surface area contributed by atoms with Crippen LogP contribution in [-0.2, 0) is 9.53 Å². The molecule has 2 aliphatic heterocycles. The molecule has 0 bridgehead atoms. The lowest BCUT2D eigenvalue weighted by Gasteiger charge is -2.40. The predicted octanol–water partition coefficient (Wildman–Crippen LogP) is 3.92. The Bertz CT molecular complexity index is 1030. The molecule has 2 aliphatic rings. The molecule has 1 unspecified atom stereocenters. The van der Waals surface area contributed by atoms with Crippen molar-refractivity contribution in [2.75, 3.05) is 45.6 Å². The Hall–Kier alpha value is -3.37. The van der Waals surface area contributed by atoms with E-state index in [4.69, 9.17) is 16.2 Å². The van der Waals surface area contributed by atoms with Gasteiger partial charge in [-0.2, -0.15) is 0 Å². The van der Waals surface area contributed by atoms with E-state index < -0.39 is 5.92 Å². The number of halogens is 2. The lowest BCUT2D eigenvalue weighted by atomic mass is 9.96. The third kappa shape index (κ3) is 9.55. The SMILES string of the molecule is C1CCOCC1.C=CC(=O)NC.CC(CN1CC(F)(F)C1)c1c[nH]c(N)c1/C=C(\N)c1ccccc1O. The van der Waals surface area contributed by atoms with Crippen molar-refractivity contribution in [2.45, 2.75) is 38.0 Å². The quantitative estimate of drug-likeness (QED) is 0.368. The van der Waals surface area contributed by atoms with Gasteiger partial charge in [0.15, 0.2) is 0 Å². The largest absolute Gasteiger partial charge is 0.507 e. The monoisotopic (exact) mass is 519 g/mol. The second-order valence-corrected chi connectivity index (χ2v) is 9.11. The van der Waals surface area contributed by atoms with Crippen LogP contribution in [0, 0.1) is 0 Å². The van der Waals surface area contributed by atoms with Gasteiger partial charge in [-0.25, -0.2) is 8.78 Å². The molecule has 7 N–H and O–H groups in total. The molecular formula is C27H39F2N5O3. The first-order valence-corrected chi connectivity index (χ1v) is 12.3. The first-order valence-electron chi connectivity index (χ1n) is 12.3. The van der Waals surface area contributed by atoms with E-state index in [9.17, 15) is 18.7 Å². The Morgan fingerprint density at radius 1 is 1.30 bits per heavy atom. The molecule has 1 aromatic heterocycles. The number of anilines is 1. The Morgan fingerprint density at radius 2 is 1.95 bits per heavy atom. The molecule has 0 spiro atoms. The zero-order chi connectivity index (χ0) is 27.4. The van der Waals surface area contributed by atoms with Crippen molar-refractivity contribution in [1.82, 2.24) is 15.2 Å². The number of phenols is 1. The molecule has 4 rings (SSSR count). The van der Waals surface area contributed by atoms with E-state index >= 15 is 0 Å². The Balaban J connectivity index is 0.000000330. The van der Waals surface area contributed by atoms with Crippen LogP contribution in [0.1, 0.15) is 48.8 Å². The number of carbonyl (C=O) groups excluding carboxylic acids is 1. The van der Waals surface area contributed by atoms with Gasteiger partial charge in [0.2, 0.25) is 5.91 Å². The number of carbonyl (C=O) groups is 1. The van der Waals surface area contributed by atoms with Crippen molar-refractivity contribution in [3.05, 3.63) is 59.8 Å². The molecule has 3 heterocycles. The minimum atomic E-state index is -2.57. The maximum atomic E-state index is 13.0. The highest BCUT2D eigenvalue weighted by Gasteiger charge is 2.44. The Labute approximate surface area is 217 Å². The number of likely N-dealkylation sites (N-methyl/N-ethyl adjacent to an activating group) is 1. The van der Waals surface area contributed by atoms with Crippen LogP contribution in [0.15, 0.2) is 43.1 Å². The number of rotatable bonds is 6. The predicted molar refractivity (Wildman–Crippen MR) is 144 cm³/mol.